The van der Waals surface area contributed by atoms with Crippen LogP contribution in [0.1, 0.15) is 64.0 Å². The first kappa shape index (κ1) is 22.4. The summed E-state index contributed by atoms with van der Waals surface area (Å²) in [5.41, 5.74) is 4.01. The van der Waals surface area contributed by atoms with Crippen LogP contribution in [0.3, 0.4) is 0 Å². The van der Waals surface area contributed by atoms with Crippen LogP contribution in [0, 0.1) is 5.92 Å². The average Bonchev–Trinajstić information content (AvgIpc) is 2.92. The van der Waals surface area contributed by atoms with Crippen LogP contribution in [-0.4, -0.2) is 18.8 Å². The number of rotatable bonds is 11. The molecule has 152 valence electrons. The van der Waals surface area contributed by atoms with Gasteiger partial charge < -0.3 is 5.32 Å². The first-order chi connectivity index (χ1) is 13.4. The molecule has 0 aromatic heterocycles. The van der Waals surface area contributed by atoms with Crippen LogP contribution in [-0.2, 0) is 0 Å². The molecule has 2 rings (SSSR count). The van der Waals surface area contributed by atoms with E-state index < -0.39 is 5.67 Å². The topological polar surface area (TPSA) is 12.0 Å². The Balaban J connectivity index is 1.85. The zero-order valence-electron chi connectivity index (χ0n) is 17.8. The molecular formula is C26H36FN. The normalized spacial score (nSPS) is 15.6. The van der Waals surface area contributed by atoms with Gasteiger partial charge in [-0.05, 0) is 68.7 Å². The molecule has 28 heavy (non-hydrogen) atoms. The summed E-state index contributed by atoms with van der Waals surface area (Å²) in [5.74, 6) is 0.693. The number of alkyl halides is 1. The van der Waals surface area contributed by atoms with Crippen LogP contribution in [0.2, 0.25) is 0 Å². The van der Waals surface area contributed by atoms with Gasteiger partial charge in [0.2, 0.25) is 0 Å². The van der Waals surface area contributed by atoms with Crippen LogP contribution in [0.5, 0.6) is 0 Å². The molecule has 1 N–H and O–H groups in total. The Hall–Kier alpha value is -1.93. The molecule has 2 heteroatoms. The molecule has 0 bridgehead atoms. The highest BCUT2D eigenvalue weighted by Gasteiger charge is 2.15. The average molecular weight is 382 g/mol. The molecule has 1 atom stereocenters. The monoisotopic (exact) mass is 381 g/mol. The molecule has 0 amide bonds. The fourth-order valence-electron chi connectivity index (χ4n) is 3.49. The zero-order valence-corrected chi connectivity index (χ0v) is 17.8. The number of hydrogen-bond donors (Lipinski definition) is 1. The van der Waals surface area contributed by atoms with Gasteiger partial charge in [-0.15, -0.1) is 0 Å². The van der Waals surface area contributed by atoms with Gasteiger partial charge in [0.25, 0.3) is 0 Å². The highest BCUT2D eigenvalue weighted by atomic mass is 19.1. The molecular weight excluding hydrogens is 345 g/mol. The highest BCUT2D eigenvalue weighted by Crippen LogP contribution is 2.25. The molecule has 0 fully saturated rings. The van der Waals surface area contributed by atoms with Crippen molar-refractivity contribution in [2.75, 3.05) is 13.1 Å². The molecule has 0 spiro atoms. The van der Waals surface area contributed by atoms with Gasteiger partial charge in [0, 0.05) is 6.54 Å². The Morgan fingerprint density at radius 3 is 2.57 bits per heavy atom. The van der Waals surface area contributed by atoms with Crippen LogP contribution in [0.25, 0.3) is 11.6 Å². The summed E-state index contributed by atoms with van der Waals surface area (Å²) in [5, 5.41) is 3.25. The predicted octanol–water partition coefficient (Wildman–Crippen LogP) is 7.13. The smallest absolute Gasteiger partial charge is 0.117 e. The SMILES string of the molecule is C=Cc1ccc(C2=CC=C(CCC(CC)CCNCC(C)(C)F)CC=C2)cc1. The van der Waals surface area contributed by atoms with Crippen molar-refractivity contribution < 1.29 is 4.39 Å². The van der Waals surface area contributed by atoms with Gasteiger partial charge in [0.05, 0.1) is 0 Å². The van der Waals surface area contributed by atoms with E-state index in [4.69, 9.17) is 0 Å². The fourth-order valence-corrected chi connectivity index (χ4v) is 3.49. The van der Waals surface area contributed by atoms with Crippen molar-refractivity contribution in [3.05, 3.63) is 71.8 Å². The van der Waals surface area contributed by atoms with Crippen molar-refractivity contribution in [2.45, 2.75) is 58.5 Å². The van der Waals surface area contributed by atoms with Crippen molar-refractivity contribution in [3.8, 4) is 0 Å². The third kappa shape index (κ3) is 7.98. The van der Waals surface area contributed by atoms with Crippen LogP contribution < -0.4 is 5.32 Å². The first-order valence-corrected chi connectivity index (χ1v) is 10.6. The van der Waals surface area contributed by atoms with E-state index in [-0.39, 0.29) is 0 Å². The lowest BCUT2D eigenvalue weighted by molar-refractivity contribution is 0.208. The van der Waals surface area contributed by atoms with E-state index in [2.05, 4.69) is 67.4 Å². The van der Waals surface area contributed by atoms with E-state index >= 15 is 0 Å². The van der Waals surface area contributed by atoms with E-state index in [0.717, 1.165) is 31.4 Å². The summed E-state index contributed by atoms with van der Waals surface area (Å²) in [7, 11) is 0. The van der Waals surface area contributed by atoms with Gasteiger partial charge in [-0.25, -0.2) is 4.39 Å². The molecule has 1 aliphatic carbocycles. The van der Waals surface area contributed by atoms with Gasteiger partial charge >= 0.3 is 0 Å². The molecule has 0 radical (unpaired) electrons. The van der Waals surface area contributed by atoms with Crippen LogP contribution in [0.4, 0.5) is 4.39 Å². The fraction of sp³-hybridized carbons (Fsp3) is 0.462. The number of nitrogens with one attached hydrogen (secondary N) is 1. The van der Waals surface area contributed by atoms with Gasteiger partial charge in [-0.1, -0.05) is 80.1 Å². The Labute approximate surface area is 171 Å². The lowest BCUT2D eigenvalue weighted by atomic mass is 9.93. The summed E-state index contributed by atoms with van der Waals surface area (Å²) < 4.78 is 13.5. The summed E-state index contributed by atoms with van der Waals surface area (Å²) in [4.78, 5) is 0. The Kier molecular flexibility index (Phi) is 8.92. The number of allylic oxidation sites excluding steroid dienone is 6. The first-order valence-electron chi connectivity index (χ1n) is 10.6. The summed E-state index contributed by atoms with van der Waals surface area (Å²) >= 11 is 0. The van der Waals surface area contributed by atoms with Gasteiger partial charge in [0.1, 0.15) is 5.67 Å². The quantitative estimate of drug-likeness (QED) is 0.402. The molecule has 0 aliphatic heterocycles. The maximum atomic E-state index is 13.5. The van der Waals surface area contributed by atoms with E-state index in [1.54, 1.807) is 13.8 Å². The van der Waals surface area contributed by atoms with Crippen molar-refractivity contribution in [1.29, 1.82) is 0 Å². The number of benzene rings is 1. The van der Waals surface area contributed by atoms with Crippen molar-refractivity contribution >= 4 is 11.6 Å². The van der Waals surface area contributed by atoms with Gasteiger partial charge in [0.15, 0.2) is 0 Å². The third-order valence-electron chi connectivity index (χ3n) is 5.38. The number of hydrogen-bond acceptors (Lipinski definition) is 1. The maximum absolute atomic E-state index is 13.5. The Morgan fingerprint density at radius 2 is 1.93 bits per heavy atom. The molecule has 1 aromatic rings. The minimum atomic E-state index is -1.13. The molecule has 1 aromatic carbocycles. The predicted molar refractivity (Wildman–Crippen MR) is 122 cm³/mol. The number of halogens is 1. The van der Waals surface area contributed by atoms with Crippen LogP contribution >= 0.6 is 0 Å². The van der Waals surface area contributed by atoms with Crippen molar-refractivity contribution in [1.82, 2.24) is 5.32 Å². The molecule has 0 saturated heterocycles. The molecule has 0 heterocycles. The molecule has 1 nitrogen and oxygen atoms in total. The summed E-state index contributed by atoms with van der Waals surface area (Å²) in [6.45, 7) is 10.7. The van der Waals surface area contributed by atoms with E-state index in [1.807, 2.05) is 6.08 Å². The Bertz CT molecular complexity index is 701. The maximum Gasteiger partial charge on any atom is 0.117 e. The largest absolute Gasteiger partial charge is 0.314 e. The van der Waals surface area contributed by atoms with Gasteiger partial charge in [-0.2, -0.15) is 0 Å². The van der Waals surface area contributed by atoms with Gasteiger partial charge in [-0.3, -0.25) is 0 Å². The standard InChI is InChI=1S/C26H36FN/c1-5-21-12-15-25(16-13-21)24-9-7-8-23(14-17-24)11-10-22(6-2)18-19-28-20-26(3,4)27/h5,7,9,12-17,22,28H,1,6,8,10-11,18-20H2,2-4H3. The lowest BCUT2D eigenvalue weighted by Crippen LogP contribution is -2.32. The molecule has 0 saturated carbocycles. The van der Waals surface area contributed by atoms with E-state index in [0.29, 0.717) is 12.5 Å². The third-order valence-corrected chi connectivity index (χ3v) is 5.38. The second-order valence-corrected chi connectivity index (χ2v) is 8.38. The highest BCUT2D eigenvalue weighted by molar-refractivity contribution is 5.76. The van der Waals surface area contributed by atoms with Crippen molar-refractivity contribution in [3.63, 3.8) is 0 Å². The Morgan fingerprint density at radius 1 is 1.18 bits per heavy atom. The molecule has 1 aliphatic rings. The second-order valence-electron chi connectivity index (χ2n) is 8.38. The lowest BCUT2D eigenvalue weighted by Gasteiger charge is -2.18. The van der Waals surface area contributed by atoms with Crippen molar-refractivity contribution in [2.24, 2.45) is 5.92 Å². The zero-order chi connectivity index (χ0) is 20.4. The van der Waals surface area contributed by atoms with E-state index in [9.17, 15) is 4.39 Å². The van der Waals surface area contributed by atoms with Crippen LogP contribution in [0.15, 0.2) is 60.7 Å². The molecule has 1 unspecified atom stereocenters. The van der Waals surface area contributed by atoms with E-state index in [1.165, 1.54) is 29.6 Å². The minimum absolute atomic E-state index is 0.431. The summed E-state index contributed by atoms with van der Waals surface area (Å²) in [6, 6.07) is 8.53. The minimum Gasteiger partial charge on any atom is -0.314 e. The second kappa shape index (κ2) is 11.2. The summed E-state index contributed by atoms with van der Waals surface area (Å²) in [6.07, 6.45) is 16.6.